The second-order valence-corrected chi connectivity index (χ2v) is 4.24. The molecule has 1 amide bonds. The van der Waals surface area contributed by atoms with Gasteiger partial charge in [0, 0.05) is 18.1 Å². The van der Waals surface area contributed by atoms with Gasteiger partial charge in [0.1, 0.15) is 0 Å². The smallest absolute Gasteiger partial charge is 0.229 e. The Bertz CT molecular complexity index is 447. The van der Waals surface area contributed by atoms with E-state index in [0.29, 0.717) is 6.42 Å². The summed E-state index contributed by atoms with van der Waals surface area (Å²) in [6, 6.07) is 3.89. The Labute approximate surface area is 91.5 Å². The molecular weight excluding hydrogens is 210 g/mol. The Kier molecular flexibility index (Phi) is 2.82. The molecule has 78 valence electrons. The van der Waals surface area contributed by atoms with Gasteiger partial charge in [-0.15, -0.1) is 11.3 Å². The number of thiophene rings is 1. The molecule has 0 unspecified atom stereocenters. The van der Waals surface area contributed by atoms with E-state index in [1.807, 2.05) is 24.6 Å². The Morgan fingerprint density at radius 1 is 1.67 bits per heavy atom. The third-order valence-corrected chi connectivity index (χ3v) is 2.78. The fraction of sp³-hybridized carbons (Fsp3) is 0.200. The summed E-state index contributed by atoms with van der Waals surface area (Å²) in [4.78, 5) is 12.6. The van der Waals surface area contributed by atoms with E-state index in [1.54, 1.807) is 28.4 Å². The van der Waals surface area contributed by atoms with E-state index in [-0.39, 0.29) is 5.91 Å². The van der Waals surface area contributed by atoms with Gasteiger partial charge in [0.2, 0.25) is 5.91 Å². The number of rotatable bonds is 3. The zero-order valence-corrected chi connectivity index (χ0v) is 9.12. The molecule has 0 aliphatic rings. The number of hydrogen-bond acceptors (Lipinski definition) is 3. The van der Waals surface area contributed by atoms with Gasteiger partial charge in [-0.3, -0.25) is 9.48 Å². The second-order valence-electron chi connectivity index (χ2n) is 3.21. The summed E-state index contributed by atoms with van der Waals surface area (Å²) in [6.45, 7) is 0. The topological polar surface area (TPSA) is 46.9 Å². The Hall–Kier alpha value is -1.62. The molecule has 0 aliphatic carbocycles. The van der Waals surface area contributed by atoms with E-state index in [9.17, 15) is 4.79 Å². The van der Waals surface area contributed by atoms with Crippen LogP contribution in [0.15, 0.2) is 29.9 Å². The largest absolute Gasteiger partial charge is 0.323 e. The summed E-state index contributed by atoms with van der Waals surface area (Å²) in [5.41, 5.74) is 0.735. The van der Waals surface area contributed by atoms with Crippen molar-refractivity contribution < 1.29 is 4.79 Å². The van der Waals surface area contributed by atoms with Crippen LogP contribution in [0.4, 0.5) is 5.69 Å². The first kappa shape index (κ1) is 9.92. The first-order valence-corrected chi connectivity index (χ1v) is 5.43. The van der Waals surface area contributed by atoms with Crippen LogP contribution in [0.5, 0.6) is 0 Å². The minimum atomic E-state index is -0.00884. The molecule has 0 radical (unpaired) electrons. The van der Waals surface area contributed by atoms with Crippen LogP contribution in [0.3, 0.4) is 0 Å². The molecule has 5 heteroatoms. The van der Waals surface area contributed by atoms with Crippen molar-refractivity contribution in [2.45, 2.75) is 6.42 Å². The third-order valence-electron chi connectivity index (χ3n) is 1.90. The van der Waals surface area contributed by atoms with Crippen molar-refractivity contribution in [1.82, 2.24) is 9.78 Å². The van der Waals surface area contributed by atoms with Gasteiger partial charge in [0.05, 0.1) is 18.3 Å². The van der Waals surface area contributed by atoms with Crippen molar-refractivity contribution in [2.24, 2.45) is 7.05 Å². The van der Waals surface area contributed by atoms with Gasteiger partial charge in [-0.1, -0.05) is 6.07 Å². The van der Waals surface area contributed by atoms with E-state index in [2.05, 4.69) is 10.4 Å². The molecule has 0 spiro atoms. The fourth-order valence-corrected chi connectivity index (χ4v) is 1.97. The van der Waals surface area contributed by atoms with E-state index in [0.717, 1.165) is 10.6 Å². The normalized spacial score (nSPS) is 10.2. The van der Waals surface area contributed by atoms with E-state index in [4.69, 9.17) is 0 Å². The number of amides is 1. The van der Waals surface area contributed by atoms with Crippen LogP contribution in [-0.2, 0) is 18.3 Å². The van der Waals surface area contributed by atoms with Crippen LogP contribution in [0.25, 0.3) is 0 Å². The maximum absolute atomic E-state index is 11.5. The third kappa shape index (κ3) is 2.66. The van der Waals surface area contributed by atoms with Gasteiger partial charge in [-0.05, 0) is 11.4 Å². The van der Waals surface area contributed by atoms with E-state index in [1.165, 1.54) is 0 Å². The molecule has 4 nitrogen and oxygen atoms in total. The second kappa shape index (κ2) is 4.27. The predicted octanol–water partition coefficient (Wildman–Crippen LogP) is 1.66. The molecule has 15 heavy (non-hydrogen) atoms. The molecular formula is C10H11N3OS. The van der Waals surface area contributed by atoms with Crippen LogP contribution >= 0.6 is 11.3 Å². The lowest BCUT2D eigenvalue weighted by molar-refractivity contribution is -0.115. The van der Waals surface area contributed by atoms with Gasteiger partial charge in [-0.25, -0.2) is 0 Å². The number of carbonyl (C=O) groups is 1. The summed E-state index contributed by atoms with van der Waals surface area (Å²) >= 11 is 1.59. The van der Waals surface area contributed by atoms with Crippen molar-refractivity contribution in [3.8, 4) is 0 Å². The summed E-state index contributed by atoms with van der Waals surface area (Å²) < 4.78 is 1.65. The zero-order valence-electron chi connectivity index (χ0n) is 8.30. The molecule has 0 aliphatic heterocycles. The molecule has 0 atom stereocenters. The zero-order chi connectivity index (χ0) is 10.7. The van der Waals surface area contributed by atoms with Gasteiger partial charge in [-0.2, -0.15) is 5.10 Å². The summed E-state index contributed by atoms with van der Waals surface area (Å²) in [5.74, 6) is -0.00884. The summed E-state index contributed by atoms with van der Waals surface area (Å²) in [7, 11) is 1.81. The SMILES string of the molecule is Cn1cc(NC(=O)Cc2cccs2)cn1. The Balaban J connectivity index is 1.93. The molecule has 0 fully saturated rings. The molecule has 0 saturated carbocycles. The molecule has 0 aromatic carbocycles. The average Bonchev–Trinajstić information content (AvgIpc) is 2.77. The van der Waals surface area contributed by atoms with Gasteiger partial charge < -0.3 is 5.32 Å². The van der Waals surface area contributed by atoms with Crippen LogP contribution in [0.2, 0.25) is 0 Å². The van der Waals surface area contributed by atoms with Crippen LogP contribution in [0, 0.1) is 0 Å². The highest BCUT2D eigenvalue weighted by Crippen LogP contribution is 2.10. The maximum atomic E-state index is 11.5. The lowest BCUT2D eigenvalue weighted by Crippen LogP contribution is -2.13. The minimum absolute atomic E-state index is 0.00884. The van der Waals surface area contributed by atoms with Gasteiger partial charge in [0.15, 0.2) is 0 Å². The molecule has 2 rings (SSSR count). The van der Waals surface area contributed by atoms with Crippen LogP contribution < -0.4 is 5.32 Å². The first-order chi connectivity index (χ1) is 7.24. The van der Waals surface area contributed by atoms with Crippen molar-refractivity contribution in [2.75, 3.05) is 5.32 Å². The number of hydrogen-bond donors (Lipinski definition) is 1. The number of carbonyl (C=O) groups excluding carboxylic acids is 1. The predicted molar refractivity (Wildman–Crippen MR) is 59.9 cm³/mol. The molecule has 2 aromatic heterocycles. The van der Waals surface area contributed by atoms with Crippen LogP contribution in [-0.4, -0.2) is 15.7 Å². The standard InChI is InChI=1S/C10H11N3OS/c1-13-7-8(6-11-13)12-10(14)5-9-3-2-4-15-9/h2-4,6-7H,5H2,1H3,(H,12,14). The maximum Gasteiger partial charge on any atom is 0.229 e. The van der Waals surface area contributed by atoms with Gasteiger partial charge in [0.25, 0.3) is 0 Å². The lowest BCUT2D eigenvalue weighted by Gasteiger charge is -1.99. The summed E-state index contributed by atoms with van der Waals surface area (Å²) in [6.07, 6.45) is 3.82. The van der Waals surface area contributed by atoms with Crippen molar-refractivity contribution in [3.63, 3.8) is 0 Å². The van der Waals surface area contributed by atoms with Crippen molar-refractivity contribution >= 4 is 22.9 Å². The highest BCUT2D eigenvalue weighted by Gasteiger charge is 2.05. The molecule has 2 aromatic rings. The highest BCUT2D eigenvalue weighted by molar-refractivity contribution is 7.10. The highest BCUT2D eigenvalue weighted by atomic mass is 32.1. The minimum Gasteiger partial charge on any atom is -0.323 e. The molecule has 1 N–H and O–H groups in total. The number of aromatic nitrogens is 2. The van der Waals surface area contributed by atoms with Gasteiger partial charge >= 0.3 is 0 Å². The average molecular weight is 221 g/mol. The first-order valence-electron chi connectivity index (χ1n) is 4.55. The number of nitrogens with one attached hydrogen (secondary N) is 1. The lowest BCUT2D eigenvalue weighted by atomic mass is 10.3. The number of anilines is 1. The quantitative estimate of drug-likeness (QED) is 0.856. The summed E-state index contributed by atoms with van der Waals surface area (Å²) in [5, 5.41) is 8.72. The Morgan fingerprint density at radius 2 is 2.53 bits per heavy atom. The molecule has 0 bridgehead atoms. The van der Waals surface area contributed by atoms with Crippen molar-refractivity contribution in [3.05, 3.63) is 34.8 Å². The molecule has 2 heterocycles. The number of nitrogens with zero attached hydrogens (tertiary/aromatic N) is 2. The number of aryl methyl sites for hydroxylation is 1. The fourth-order valence-electron chi connectivity index (χ4n) is 1.26. The van der Waals surface area contributed by atoms with E-state index >= 15 is 0 Å². The van der Waals surface area contributed by atoms with Crippen LogP contribution in [0.1, 0.15) is 4.88 Å². The molecule has 0 saturated heterocycles. The van der Waals surface area contributed by atoms with Crippen molar-refractivity contribution in [1.29, 1.82) is 0 Å². The van der Waals surface area contributed by atoms with E-state index < -0.39 is 0 Å². The monoisotopic (exact) mass is 221 g/mol. The Morgan fingerprint density at radius 3 is 3.13 bits per heavy atom.